The Morgan fingerprint density at radius 1 is 1.25 bits per heavy atom. The summed E-state index contributed by atoms with van der Waals surface area (Å²) in [5.74, 6) is 2.06. The number of nitrogens with zero attached hydrogens (tertiary/aromatic N) is 6. The smallest absolute Gasteiger partial charge is 0.166 e. The predicted octanol–water partition coefficient (Wildman–Crippen LogP) is 2.31. The van der Waals surface area contributed by atoms with E-state index in [1.807, 2.05) is 25.4 Å². The fourth-order valence-electron chi connectivity index (χ4n) is 3.35. The van der Waals surface area contributed by atoms with E-state index in [-0.39, 0.29) is 0 Å². The molecule has 24 heavy (non-hydrogen) atoms. The molecule has 1 aliphatic rings. The van der Waals surface area contributed by atoms with Crippen molar-refractivity contribution in [2.24, 2.45) is 5.92 Å². The molecule has 0 amide bonds. The number of fused-ring (bicyclic) bond motifs is 1. The first-order chi connectivity index (χ1) is 11.6. The van der Waals surface area contributed by atoms with Crippen LogP contribution in [0, 0.1) is 12.8 Å². The van der Waals surface area contributed by atoms with Crippen LogP contribution in [0.1, 0.15) is 25.3 Å². The standard InChI is InChI=1S/C17H21N7/c1-11-4-3-5-23(8-11)14-6-13(20-10-21-14)15-16(18)22-24-9-12(2)7-19-17(15)24/h6-7,9-11H,3-5,8H2,1-2H3,(H2,18,22). The molecule has 0 saturated carbocycles. The van der Waals surface area contributed by atoms with E-state index in [4.69, 9.17) is 5.73 Å². The molecule has 0 radical (unpaired) electrons. The minimum Gasteiger partial charge on any atom is -0.382 e. The summed E-state index contributed by atoms with van der Waals surface area (Å²) in [5.41, 5.74) is 9.42. The Labute approximate surface area is 140 Å². The molecule has 2 N–H and O–H groups in total. The van der Waals surface area contributed by atoms with Gasteiger partial charge in [-0.3, -0.25) is 0 Å². The van der Waals surface area contributed by atoms with Gasteiger partial charge in [0.25, 0.3) is 0 Å². The quantitative estimate of drug-likeness (QED) is 0.779. The summed E-state index contributed by atoms with van der Waals surface area (Å²) in [4.78, 5) is 15.7. The molecule has 7 heteroatoms. The highest BCUT2D eigenvalue weighted by Gasteiger charge is 2.20. The first-order valence-electron chi connectivity index (χ1n) is 8.29. The first-order valence-corrected chi connectivity index (χ1v) is 8.29. The number of anilines is 2. The van der Waals surface area contributed by atoms with E-state index in [9.17, 15) is 0 Å². The van der Waals surface area contributed by atoms with Gasteiger partial charge in [-0.25, -0.2) is 19.5 Å². The third-order valence-electron chi connectivity index (χ3n) is 4.52. The van der Waals surface area contributed by atoms with Crippen molar-refractivity contribution in [2.45, 2.75) is 26.7 Å². The summed E-state index contributed by atoms with van der Waals surface area (Å²) in [6.45, 7) is 6.31. The van der Waals surface area contributed by atoms with Gasteiger partial charge in [0.05, 0.1) is 11.3 Å². The average molecular weight is 323 g/mol. The molecular formula is C17H21N7. The van der Waals surface area contributed by atoms with Crippen LogP contribution in [0.2, 0.25) is 0 Å². The normalized spacial score (nSPS) is 18.2. The van der Waals surface area contributed by atoms with Gasteiger partial charge in [-0.2, -0.15) is 0 Å². The number of nitrogens with two attached hydrogens (primary N) is 1. The molecule has 1 atom stereocenters. The van der Waals surface area contributed by atoms with Crippen molar-refractivity contribution in [3.8, 4) is 11.3 Å². The second-order valence-electron chi connectivity index (χ2n) is 6.61. The van der Waals surface area contributed by atoms with Gasteiger partial charge in [0.2, 0.25) is 0 Å². The topological polar surface area (TPSA) is 85.2 Å². The molecule has 3 aromatic heterocycles. The zero-order chi connectivity index (χ0) is 16.7. The Balaban J connectivity index is 1.77. The summed E-state index contributed by atoms with van der Waals surface area (Å²) >= 11 is 0. The van der Waals surface area contributed by atoms with Crippen LogP contribution in [-0.2, 0) is 0 Å². The number of aromatic nitrogens is 5. The van der Waals surface area contributed by atoms with Gasteiger partial charge >= 0.3 is 0 Å². The maximum absolute atomic E-state index is 6.14. The maximum Gasteiger partial charge on any atom is 0.166 e. The highest BCUT2D eigenvalue weighted by Crippen LogP contribution is 2.30. The van der Waals surface area contributed by atoms with Crippen molar-refractivity contribution in [1.29, 1.82) is 0 Å². The van der Waals surface area contributed by atoms with Crippen LogP contribution >= 0.6 is 0 Å². The summed E-state index contributed by atoms with van der Waals surface area (Å²) < 4.78 is 1.71. The number of piperidine rings is 1. The van der Waals surface area contributed by atoms with Gasteiger partial charge in [-0.15, -0.1) is 5.10 Å². The Morgan fingerprint density at radius 2 is 2.12 bits per heavy atom. The third kappa shape index (κ3) is 2.55. The highest BCUT2D eigenvalue weighted by molar-refractivity contribution is 5.85. The van der Waals surface area contributed by atoms with Crippen LogP contribution in [0.3, 0.4) is 0 Å². The molecule has 1 saturated heterocycles. The molecule has 0 bridgehead atoms. The van der Waals surface area contributed by atoms with E-state index in [1.165, 1.54) is 12.8 Å². The SMILES string of the molecule is Cc1cnc2c(-c3cc(N4CCCC(C)C4)ncn3)c(N)nn2c1. The minimum absolute atomic E-state index is 0.435. The Bertz CT molecular complexity index is 886. The van der Waals surface area contributed by atoms with Gasteiger partial charge in [0, 0.05) is 31.5 Å². The predicted molar refractivity (Wildman–Crippen MR) is 93.8 cm³/mol. The lowest BCUT2D eigenvalue weighted by Crippen LogP contribution is -2.34. The molecule has 1 aliphatic heterocycles. The van der Waals surface area contributed by atoms with Crippen molar-refractivity contribution in [3.63, 3.8) is 0 Å². The molecule has 4 heterocycles. The summed E-state index contributed by atoms with van der Waals surface area (Å²) in [6, 6.07) is 1.99. The van der Waals surface area contributed by atoms with Gasteiger partial charge in [0.1, 0.15) is 12.1 Å². The van der Waals surface area contributed by atoms with Crippen LogP contribution < -0.4 is 10.6 Å². The summed E-state index contributed by atoms with van der Waals surface area (Å²) in [7, 11) is 0. The minimum atomic E-state index is 0.435. The lowest BCUT2D eigenvalue weighted by molar-refractivity contribution is 0.444. The fraction of sp³-hybridized carbons (Fsp3) is 0.412. The Kier molecular flexibility index (Phi) is 3.55. The molecular weight excluding hydrogens is 302 g/mol. The molecule has 1 unspecified atom stereocenters. The number of hydrogen-bond acceptors (Lipinski definition) is 6. The second-order valence-corrected chi connectivity index (χ2v) is 6.61. The second kappa shape index (κ2) is 5.74. The number of aryl methyl sites for hydroxylation is 1. The summed E-state index contributed by atoms with van der Waals surface area (Å²) in [6.07, 6.45) is 7.80. The van der Waals surface area contributed by atoms with E-state index >= 15 is 0 Å². The van der Waals surface area contributed by atoms with Crippen molar-refractivity contribution in [1.82, 2.24) is 24.6 Å². The fourth-order valence-corrected chi connectivity index (χ4v) is 3.35. The van der Waals surface area contributed by atoms with E-state index in [0.29, 0.717) is 11.7 Å². The van der Waals surface area contributed by atoms with Gasteiger partial charge in [-0.1, -0.05) is 6.92 Å². The van der Waals surface area contributed by atoms with E-state index in [2.05, 4.69) is 31.9 Å². The van der Waals surface area contributed by atoms with Crippen LogP contribution in [0.5, 0.6) is 0 Å². The van der Waals surface area contributed by atoms with Crippen LogP contribution in [0.15, 0.2) is 24.8 Å². The van der Waals surface area contributed by atoms with Crippen LogP contribution in [-0.4, -0.2) is 37.7 Å². The van der Waals surface area contributed by atoms with E-state index in [1.54, 1.807) is 10.8 Å². The van der Waals surface area contributed by atoms with Crippen molar-refractivity contribution in [3.05, 3.63) is 30.4 Å². The zero-order valence-electron chi connectivity index (χ0n) is 14.0. The number of nitrogen functional groups attached to an aromatic ring is 1. The molecule has 1 fully saturated rings. The largest absolute Gasteiger partial charge is 0.382 e. The highest BCUT2D eigenvalue weighted by atomic mass is 15.3. The van der Waals surface area contributed by atoms with Crippen LogP contribution in [0.25, 0.3) is 16.9 Å². The third-order valence-corrected chi connectivity index (χ3v) is 4.52. The molecule has 0 aromatic carbocycles. The van der Waals surface area contributed by atoms with Gasteiger partial charge < -0.3 is 10.6 Å². The lowest BCUT2D eigenvalue weighted by Gasteiger charge is -2.31. The molecule has 0 spiro atoms. The Hall–Kier alpha value is -2.70. The number of rotatable bonds is 2. The average Bonchev–Trinajstić information content (AvgIpc) is 2.90. The molecule has 124 valence electrons. The van der Waals surface area contributed by atoms with Crippen LogP contribution in [0.4, 0.5) is 11.6 Å². The molecule has 0 aliphatic carbocycles. The number of hydrogen-bond donors (Lipinski definition) is 1. The van der Waals surface area contributed by atoms with Crippen molar-refractivity contribution >= 4 is 17.3 Å². The molecule has 7 nitrogen and oxygen atoms in total. The van der Waals surface area contributed by atoms with Crippen molar-refractivity contribution in [2.75, 3.05) is 23.7 Å². The zero-order valence-corrected chi connectivity index (χ0v) is 14.0. The van der Waals surface area contributed by atoms with Gasteiger partial charge in [-0.05, 0) is 31.2 Å². The first kappa shape index (κ1) is 14.9. The Morgan fingerprint density at radius 3 is 2.96 bits per heavy atom. The molecule has 4 rings (SSSR count). The molecule has 3 aromatic rings. The van der Waals surface area contributed by atoms with Gasteiger partial charge in [0.15, 0.2) is 11.5 Å². The lowest BCUT2D eigenvalue weighted by atomic mass is 10.0. The van der Waals surface area contributed by atoms with Crippen molar-refractivity contribution < 1.29 is 0 Å². The van der Waals surface area contributed by atoms with E-state index in [0.717, 1.165) is 41.4 Å². The monoisotopic (exact) mass is 323 g/mol. The maximum atomic E-state index is 6.14. The van der Waals surface area contributed by atoms with E-state index < -0.39 is 0 Å². The summed E-state index contributed by atoms with van der Waals surface area (Å²) in [5, 5.41) is 4.36.